The summed E-state index contributed by atoms with van der Waals surface area (Å²) in [5.41, 5.74) is 0.518. The molecule has 3 nitrogen and oxygen atoms in total. The maximum Gasteiger partial charge on any atom is 0.327 e. The molecule has 0 saturated heterocycles. The van der Waals surface area contributed by atoms with E-state index in [1.54, 1.807) is 13.0 Å². The van der Waals surface area contributed by atoms with Crippen LogP contribution in [0.15, 0.2) is 18.2 Å². The number of halogens is 2. The van der Waals surface area contributed by atoms with Crippen molar-refractivity contribution in [1.82, 2.24) is 5.32 Å². The first-order valence-electron chi connectivity index (χ1n) is 7.49. The molecule has 1 aromatic rings. The largest absolute Gasteiger partial charge is 0.465 e. The first kappa shape index (κ1) is 16.2. The summed E-state index contributed by atoms with van der Waals surface area (Å²) in [4.78, 5) is 12.2. The second-order valence-electron chi connectivity index (χ2n) is 5.39. The van der Waals surface area contributed by atoms with E-state index in [1.807, 2.05) is 0 Å². The summed E-state index contributed by atoms with van der Waals surface area (Å²) < 4.78 is 18.7. The predicted molar refractivity (Wildman–Crippen MR) is 80.8 cm³/mol. The van der Waals surface area contributed by atoms with Gasteiger partial charge >= 0.3 is 5.97 Å². The Morgan fingerprint density at radius 2 is 2.10 bits per heavy atom. The van der Waals surface area contributed by atoms with Gasteiger partial charge in [-0.15, -0.1) is 0 Å². The highest BCUT2D eigenvalue weighted by molar-refractivity contribution is 6.30. The number of esters is 1. The summed E-state index contributed by atoms with van der Waals surface area (Å²) in [5, 5.41) is 3.59. The fourth-order valence-electron chi connectivity index (χ4n) is 2.77. The number of ether oxygens (including phenoxy) is 1. The Morgan fingerprint density at radius 3 is 2.71 bits per heavy atom. The third kappa shape index (κ3) is 4.68. The standard InChI is InChI=1S/C16H21ClFNO2/c1-2-21-16(20)15(19-14-6-4-3-5-7-14)11-8-12(17)10-13(18)9-11/h8-10,14-15,19H,2-7H2,1H3. The quantitative estimate of drug-likeness (QED) is 0.835. The average Bonchev–Trinajstić information content (AvgIpc) is 2.45. The number of hydrogen-bond donors (Lipinski definition) is 1. The molecule has 1 N–H and O–H groups in total. The van der Waals surface area contributed by atoms with Crippen molar-refractivity contribution in [3.05, 3.63) is 34.6 Å². The smallest absolute Gasteiger partial charge is 0.327 e. The zero-order valence-electron chi connectivity index (χ0n) is 12.2. The number of carbonyl (C=O) groups excluding carboxylic acids is 1. The lowest BCUT2D eigenvalue weighted by Crippen LogP contribution is -2.39. The summed E-state index contributed by atoms with van der Waals surface area (Å²) >= 11 is 5.90. The van der Waals surface area contributed by atoms with Crippen LogP contribution < -0.4 is 5.32 Å². The van der Waals surface area contributed by atoms with Crippen LogP contribution in [-0.2, 0) is 9.53 Å². The fourth-order valence-corrected chi connectivity index (χ4v) is 3.00. The average molecular weight is 314 g/mol. The van der Waals surface area contributed by atoms with Gasteiger partial charge in [-0.3, -0.25) is 5.32 Å². The van der Waals surface area contributed by atoms with E-state index in [-0.39, 0.29) is 17.0 Å². The molecule has 1 fully saturated rings. The summed E-state index contributed by atoms with van der Waals surface area (Å²) in [5.74, 6) is -0.831. The molecule has 1 unspecified atom stereocenters. The summed E-state index contributed by atoms with van der Waals surface area (Å²) in [6.07, 6.45) is 5.58. The van der Waals surface area contributed by atoms with Crippen molar-refractivity contribution in [3.8, 4) is 0 Å². The molecule has 5 heteroatoms. The first-order chi connectivity index (χ1) is 10.1. The summed E-state index contributed by atoms with van der Waals surface area (Å²) in [7, 11) is 0. The molecule has 2 rings (SSSR count). The number of hydrogen-bond acceptors (Lipinski definition) is 3. The maximum atomic E-state index is 13.6. The van der Waals surface area contributed by atoms with Gasteiger partial charge in [0.25, 0.3) is 0 Å². The lowest BCUT2D eigenvalue weighted by molar-refractivity contribution is -0.146. The predicted octanol–water partition coefficient (Wildman–Crippen LogP) is 4.01. The highest BCUT2D eigenvalue weighted by atomic mass is 35.5. The molecule has 0 aromatic heterocycles. The molecular formula is C16H21ClFNO2. The summed E-state index contributed by atoms with van der Waals surface area (Å²) in [6.45, 7) is 2.05. The molecule has 0 amide bonds. The third-order valence-corrected chi connectivity index (χ3v) is 3.97. The maximum absolute atomic E-state index is 13.6. The Labute approximate surface area is 129 Å². The molecule has 21 heavy (non-hydrogen) atoms. The van der Waals surface area contributed by atoms with Crippen LogP contribution in [0.1, 0.15) is 50.6 Å². The van der Waals surface area contributed by atoms with Gasteiger partial charge in [0.05, 0.1) is 6.61 Å². The van der Waals surface area contributed by atoms with Crippen molar-refractivity contribution in [1.29, 1.82) is 0 Å². The van der Waals surface area contributed by atoms with E-state index >= 15 is 0 Å². The van der Waals surface area contributed by atoms with Crippen LogP contribution in [0, 0.1) is 5.82 Å². The second kappa shape index (κ2) is 7.76. The van der Waals surface area contributed by atoms with E-state index in [4.69, 9.17) is 16.3 Å². The molecule has 0 bridgehead atoms. The van der Waals surface area contributed by atoms with E-state index in [0.29, 0.717) is 12.2 Å². The lowest BCUT2D eigenvalue weighted by atomic mass is 9.94. The lowest BCUT2D eigenvalue weighted by Gasteiger charge is -2.27. The van der Waals surface area contributed by atoms with Crippen molar-refractivity contribution in [2.75, 3.05) is 6.61 Å². The molecule has 0 spiro atoms. The van der Waals surface area contributed by atoms with Gasteiger partial charge in [-0.25, -0.2) is 9.18 Å². The van der Waals surface area contributed by atoms with Crippen LogP contribution in [-0.4, -0.2) is 18.6 Å². The van der Waals surface area contributed by atoms with Crippen molar-refractivity contribution < 1.29 is 13.9 Å². The number of carbonyl (C=O) groups is 1. The van der Waals surface area contributed by atoms with Crippen molar-refractivity contribution in [3.63, 3.8) is 0 Å². The van der Waals surface area contributed by atoms with Gasteiger partial charge < -0.3 is 4.74 Å². The van der Waals surface area contributed by atoms with Crippen molar-refractivity contribution >= 4 is 17.6 Å². The number of benzene rings is 1. The van der Waals surface area contributed by atoms with E-state index in [0.717, 1.165) is 25.7 Å². The minimum absolute atomic E-state index is 0.259. The molecule has 0 aliphatic heterocycles. The highest BCUT2D eigenvalue weighted by Crippen LogP contribution is 2.25. The van der Waals surface area contributed by atoms with Gasteiger partial charge in [0.15, 0.2) is 0 Å². The van der Waals surface area contributed by atoms with Gasteiger partial charge in [0.2, 0.25) is 0 Å². The Morgan fingerprint density at radius 1 is 1.38 bits per heavy atom. The Bertz CT molecular complexity index is 469. The van der Waals surface area contributed by atoms with Crippen LogP contribution in [0.5, 0.6) is 0 Å². The van der Waals surface area contributed by atoms with E-state index in [2.05, 4.69) is 5.32 Å². The zero-order chi connectivity index (χ0) is 15.2. The van der Waals surface area contributed by atoms with Crippen LogP contribution in [0.3, 0.4) is 0 Å². The SMILES string of the molecule is CCOC(=O)C(NC1CCCCC1)c1cc(F)cc(Cl)c1. The molecule has 1 aliphatic carbocycles. The topological polar surface area (TPSA) is 38.3 Å². The highest BCUT2D eigenvalue weighted by Gasteiger charge is 2.26. The molecule has 0 heterocycles. The van der Waals surface area contributed by atoms with Crippen molar-refractivity contribution in [2.45, 2.75) is 51.1 Å². The molecule has 1 aliphatic rings. The Hall–Kier alpha value is -1.13. The zero-order valence-corrected chi connectivity index (χ0v) is 13.0. The fraction of sp³-hybridized carbons (Fsp3) is 0.562. The van der Waals surface area contributed by atoms with Crippen LogP contribution in [0.4, 0.5) is 4.39 Å². The van der Waals surface area contributed by atoms with Crippen LogP contribution in [0.25, 0.3) is 0 Å². The molecule has 1 atom stereocenters. The molecular weight excluding hydrogens is 293 g/mol. The van der Waals surface area contributed by atoms with Crippen molar-refractivity contribution in [2.24, 2.45) is 0 Å². The monoisotopic (exact) mass is 313 g/mol. The molecule has 116 valence electrons. The van der Waals surface area contributed by atoms with Gasteiger partial charge in [-0.05, 0) is 43.5 Å². The van der Waals surface area contributed by atoms with Gasteiger partial charge in [0, 0.05) is 11.1 Å². The second-order valence-corrected chi connectivity index (χ2v) is 5.83. The third-order valence-electron chi connectivity index (χ3n) is 3.75. The van der Waals surface area contributed by atoms with E-state index < -0.39 is 11.9 Å². The first-order valence-corrected chi connectivity index (χ1v) is 7.86. The Balaban J connectivity index is 2.19. The Kier molecular flexibility index (Phi) is 6.00. The van der Waals surface area contributed by atoms with Crippen LogP contribution in [0.2, 0.25) is 5.02 Å². The minimum atomic E-state index is -0.666. The van der Waals surface area contributed by atoms with Gasteiger partial charge in [-0.2, -0.15) is 0 Å². The molecule has 0 radical (unpaired) electrons. The molecule has 1 aromatic carbocycles. The number of rotatable bonds is 5. The summed E-state index contributed by atoms with van der Waals surface area (Å²) in [6, 6.07) is 3.77. The van der Waals surface area contributed by atoms with Crippen LogP contribution >= 0.6 is 11.6 Å². The normalized spacial score (nSPS) is 17.5. The van der Waals surface area contributed by atoms with Gasteiger partial charge in [0.1, 0.15) is 11.9 Å². The van der Waals surface area contributed by atoms with E-state index in [1.165, 1.54) is 18.6 Å². The van der Waals surface area contributed by atoms with Gasteiger partial charge in [-0.1, -0.05) is 30.9 Å². The van der Waals surface area contributed by atoms with E-state index in [9.17, 15) is 9.18 Å². The molecule has 1 saturated carbocycles. The number of nitrogens with one attached hydrogen (secondary N) is 1. The minimum Gasteiger partial charge on any atom is -0.465 e.